The maximum atomic E-state index is 13.8. The molecule has 11 heteroatoms. The Morgan fingerprint density at radius 3 is 2.29 bits per heavy atom. The van der Waals surface area contributed by atoms with Crippen LogP contribution in [0.4, 0.5) is 0 Å². The zero-order valence-electron chi connectivity index (χ0n) is 42.3. The molecule has 0 radical (unpaired) electrons. The summed E-state index contributed by atoms with van der Waals surface area (Å²) >= 11 is 0. The van der Waals surface area contributed by atoms with Gasteiger partial charge < -0.3 is 0 Å². The quantitative estimate of drug-likeness (QED) is 0.0668. The first-order valence-electron chi connectivity index (χ1n) is 27.7. The lowest BCUT2D eigenvalue weighted by molar-refractivity contribution is -0.135. The average Bonchev–Trinajstić information content (AvgIpc) is 3.99. The number of aromatic amines is 1. The standard InChI is InChI=1S/C61H71N7O4/c1-37-51(35-52-50(24-27-62-59(37)52)47-17-20-53-48(34-47)36-63-65-53)38(2)66-28-25-45(26-29-66)44-13-15-46(16-14-44)57(69)33-42-10-8-41(9-11-42)30-39-4-3-5-40(7-6-39)31-43-12-21-54-56(32-43)67(49-18-19-49)61(72)68(54)55-22-23-58(70)64-60(55)71/h12-17,20-21,24,27,32,34-42,45,49,55H,3-11,18-19,22-23,25-26,28-31,33H2,1-2H3,(H,63,65)(H,64,70,71)/t37?,38-,39?,40?,41?,42?,55?/m0/s1. The number of hydrogen-bond donors (Lipinski definition) is 2. The largest absolute Gasteiger partial charge is 0.330 e. The van der Waals surface area contributed by atoms with E-state index in [1.165, 1.54) is 103 Å². The molecule has 2 saturated heterocycles. The van der Waals surface area contributed by atoms with Crippen molar-refractivity contribution in [3.8, 4) is 11.1 Å². The molecular weight excluding hydrogens is 895 g/mol. The number of piperidine rings is 2. The molecule has 3 saturated carbocycles. The Morgan fingerprint density at radius 2 is 1.51 bits per heavy atom. The molecule has 11 nitrogen and oxygen atoms in total. The number of aromatic nitrogens is 5. The number of likely N-dealkylation sites (tertiary alicyclic amines) is 1. The SMILES string of the molecule is CC1C([C@H](C)N2CCC(c3ccc(C(=O)CC4CCC(CC5CCCC(Cc6ccc7c(c6)n(C6CC6)c(=O)n7C6CCC(=O)NC6=O)CC5)CC4)cc3)CC2)=Cc2c(-c3ccc4[nH]ncc4c3)ccnc21. The second-order valence-corrected chi connectivity index (χ2v) is 23.0. The van der Waals surface area contributed by atoms with E-state index in [1.807, 2.05) is 23.0 Å². The molecule has 4 unspecified atom stereocenters. The van der Waals surface area contributed by atoms with Gasteiger partial charge in [0.2, 0.25) is 11.8 Å². The molecule has 5 atom stereocenters. The number of nitrogens with one attached hydrogen (secondary N) is 2. The van der Waals surface area contributed by atoms with Gasteiger partial charge in [-0.15, -0.1) is 0 Å². The van der Waals surface area contributed by atoms with Gasteiger partial charge in [0, 0.05) is 53.6 Å². The van der Waals surface area contributed by atoms with Crippen molar-refractivity contribution in [1.29, 1.82) is 0 Å². The van der Waals surface area contributed by atoms with Crippen molar-refractivity contribution >= 4 is 45.6 Å². The number of ketones is 1. The van der Waals surface area contributed by atoms with Crippen LogP contribution >= 0.6 is 0 Å². The maximum Gasteiger partial charge on any atom is 0.330 e. The fraction of sp³-hybridized carbons (Fsp3) is 0.508. The number of H-pyrrole nitrogens is 1. The van der Waals surface area contributed by atoms with E-state index in [0.29, 0.717) is 42.4 Å². The molecule has 0 bridgehead atoms. The minimum absolute atomic E-state index is 0.121. The molecule has 3 aromatic heterocycles. The third-order valence-corrected chi connectivity index (χ3v) is 18.5. The highest BCUT2D eigenvalue weighted by molar-refractivity contribution is 6.00. The molecule has 2 amide bonds. The zero-order valence-corrected chi connectivity index (χ0v) is 42.3. The number of amides is 2. The van der Waals surface area contributed by atoms with E-state index < -0.39 is 6.04 Å². The van der Waals surface area contributed by atoms with Gasteiger partial charge in [0.25, 0.3) is 0 Å². The summed E-state index contributed by atoms with van der Waals surface area (Å²) in [5, 5.41) is 10.9. The lowest BCUT2D eigenvalue weighted by Crippen LogP contribution is -2.44. The second-order valence-electron chi connectivity index (χ2n) is 23.0. The third kappa shape index (κ3) is 9.35. The molecule has 72 heavy (non-hydrogen) atoms. The predicted molar refractivity (Wildman–Crippen MR) is 284 cm³/mol. The lowest BCUT2D eigenvalue weighted by atomic mass is 9.75. The maximum absolute atomic E-state index is 13.8. The van der Waals surface area contributed by atoms with Crippen LogP contribution in [0.1, 0.15) is 180 Å². The fourth-order valence-electron chi connectivity index (χ4n) is 14.1. The van der Waals surface area contributed by atoms with Crippen LogP contribution in [0.2, 0.25) is 0 Å². The van der Waals surface area contributed by atoms with Gasteiger partial charge in [0.1, 0.15) is 6.04 Å². The smallest absolute Gasteiger partial charge is 0.297 e. The van der Waals surface area contributed by atoms with Crippen molar-refractivity contribution in [3.05, 3.63) is 123 Å². The van der Waals surface area contributed by atoms with Crippen LogP contribution in [-0.2, 0) is 16.0 Å². The number of rotatable bonds is 13. The van der Waals surface area contributed by atoms with Crippen LogP contribution in [0.25, 0.3) is 39.1 Å². The van der Waals surface area contributed by atoms with E-state index in [4.69, 9.17) is 4.98 Å². The Labute approximate surface area is 423 Å². The molecule has 5 fully saturated rings. The van der Waals surface area contributed by atoms with Crippen molar-refractivity contribution in [2.75, 3.05) is 13.1 Å². The number of imide groups is 1. The highest BCUT2D eigenvalue weighted by atomic mass is 16.2. The number of hydrogen-bond acceptors (Lipinski definition) is 7. The van der Waals surface area contributed by atoms with E-state index in [2.05, 4.69) is 101 Å². The molecule has 12 rings (SSSR count). The average molecular weight is 966 g/mol. The monoisotopic (exact) mass is 966 g/mol. The van der Waals surface area contributed by atoms with Gasteiger partial charge in [-0.25, -0.2) is 4.79 Å². The first-order chi connectivity index (χ1) is 35.1. The Hall–Kier alpha value is -5.94. The van der Waals surface area contributed by atoms with Gasteiger partial charge in [-0.2, -0.15) is 5.10 Å². The normalized spacial score (nSPS) is 25.8. The first-order valence-corrected chi connectivity index (χ1v) is 27.7. The molecule has 3 aromatic carbocycles. The number of benzene rings is 3. The fourth-order valence-corrected chi connectivity index (χ4v) is 14.1. The third-order valence-electron chi connectivity index (χ3n) is 18.5. The molecule has 374 valence electrons. The summed E-state index contributed by atoms with van der Waals surface area (Å²) in [7, 11) is 0. The molecule has 4 aliphatic carbocycles. The molecule has 6 aromatic rings. The van der Waals surface area contributed by atoms with Crippen LogP contribution in [-0.4, -0.2) is 65.9 Å². The van der Waals surface area contributed by atoms with Gasteiger partial charge in [-0.05, 0) is 172 Å². The van der Waals surface area contributed by atoms with E-state index in [9.17, 15) is 19.2 Å². The topological polar surface area (TPSA) is 135 Å². The van der Waals surface area contributed by atoms with Gasteiger partial charge in [-0.3, -0.25) is 43.8 Å². The molecule has 2 N–H and O–H groups in total. The van der Waals surface area contributed by atoms with Crippen molar-refractivity contribution in [3.63, 3.8) is 0 Å². The van der Waals surface area contributed by atoms with Gasteiger partial charge in [0.05, 0.1) is 28.4 Å². The van der Waals surface area contributed by atoms with E-state index in [-0.39, 0.29) is 35.9 Å². The van der Waals surface area contributed by atoms with Crippen LogP contribution < -0.4 is 11.0 Å². The zero-order chi connectivity index (χ0) is 49.0. The Bertz CT molecular complexity index is 3100. The van der Waals surface area contributed by atoms with Gasteiger partial charge in [-0.1, -0.05) is 87.9 Å². The highest BCUT2D eigenvalue weighted by Crippen LogP contribution is 2.44. The molecule has 0 spiro atoms. The second kappa shape index (κ2) is 19.8. The highest BCUT2D eigenvalue weighted by Gasteiger charge is 2.37. The van der Waals surface area contributed by atoms with Gasteiger partial charge in [0.15, 0.2) is 5.78 Å². The summed E-state index contributed by atoms with van der Waals surface area (Å²) in [5.41, 5.74) is 12.5. The van der Waals surface area contributed by atoms with Gasteiger partial charge >= 0.3 is 5.69 Å². The van der Waals surface area contributed by atoms with E-state index in [0.717, 1.165) is 84.5 Å². The first kappa shape index (κ1) is 47.1. The Balaban J connectivity index is 0.590. The van der Waals surface area contributed by atoms with Crippen LogP contribution in [0.5, 0.6) is 0 Å². The molecule has 6 aliphatic rings. The molecule has 2 aliphatic heterocycles. The number of imidazole rings is 1. The Kier molecular flexibility index (Phi) is 13.0. The van der Waals surface area contributed by atoms with Crippen molar-refractivity contribution in [2.24, 2.45) is 23.7 Å². The number of carbonyl (C=O) groups excluding carboxylic acids is 3. The summed E-state index contributed by atoms with van der Waals surface area (Å²) in [4.78, 5) is 59.7. The minimum atomic E-state index is -0.644. The van der Waals surface area contributed by atoms with Crippen LogP contribution in [0.3, 0.4) is 0 Å². The van der Waals surface area contributed by atoms with E-state index >= 15 is 0 Å². The Morgan fingerprint density at radius 1 is 0.764 bits per heavy atom. The summed E-state index contributed by atoms with van der Waals surface area (Å²) in [6.07, 6.45) is 25.3. The van der Waals surface area contributed by atoms with E-state index in [1.54, 1.807) is 4.57 Å². The van der Waals surface area contributed by atoms with Crippen LogP contribution in [0, 0.1) is 23.7 Å². The van der Waals surface area contributed by atoms with Crippen molar-refractivity contribution in [2.45, 2.75) is 159 Å². The number of fused-ring (bicyclic) bond motifs is 3. The number of nitrogens with zero attached hydrogens (tertiary/aromatic N) is 5. The van der Waals surface area contributed by atoms with Crippen molar-refractivity contribution < 1.29 is 14.4 Å². The minimum Gasteiger partial charge on any atom is -0.297 e. The number of carbonyl (C=O) groups is 3. The summed E-state index contributed by atoms with van der Waals surface area (Å²) in [6.45, 7) is 6.81. The van der Waals surface area contributed by atoms with Crippen molar-refractivity contribution in [1.82, 2.24) is 34.5 Å². The summed E-state index contributed by atoms with van der Waals surface area (Å²) in [5.74, 6) is 3.15. The molecular formula is C61H71N7O4. The summed E-state index contributed by atoms with van der Waals surface area (Å²) in [6, 6.07) is 23.7. The number of Topliss-reactive ketones (excluding diaryl/α,β-unsaturated/α-hetero) is 1. The summed E-state index contributed by atoms with van der Waals surface area (Å²) < 4.78 is 3.57. The lowest BCUT2D eigenvalue weighted by Gasteiger charge is -2.37. The number of pyridine rings is 1. The predicted octanol–water partition coefficient (Wildman–Crippen LogP) is 12.0. The van der Waals surface area contributed by atoms with Crippen LogP contribution in [0.15, 0.2) is 89.5 Å². The molecule has 5 heterocycles.